The Balaban J connectivity index is 6.14. The zero-order valence-corrected chi connectivity index (χ0v) is 28.5. The Morgan fingerprint density at radius 2 is 1.18 bits per heavy atom. The van der Waals surface area contributed by atoms with Gasteiger partial charge in [0.15, 0.2) is 0 Å². The fourth-order valence-electron chi connectivity index (χ4n) is 6.32. The molecule has 0 aliphatic heterocycles. The van der Waals surface area contributed by atoms with Crippen LogP contribution in [0.1, 0.15) is 121 Å². The standard InChI is InChI=1S/C17H35O2Si.3C4H9.Sn/c1-9-11-16(17(18)10-2)12-19-20(13(3)4,14(5)6)15(7)8;3*1-3-4-2;/h11,13-18H,10,12H2,1-8H3;3*1,3-4H2,2H3;/t16-,17+;;;;/m0..../s1. The van der Waals surface area contributed by atoms with E-state index in [0.29, 0.717) is 23.2 Å². The summed E-state index contributed by atoms with van der Waals surface area (Å²) in [5.41, 5.74) is 1.75. The molecule has 0 rings (SSSR count). The van der Waals surface area contributed by atoms with Crippen molar-refractivity contribution in [2.24, 2.45) is 5.92 Å². The Morgan fingerprint density at radius 3 is 1.48 bits per heavy atom. The average Bonchev–Trinajstić information content (AvgIpc) is 2.76. The van der Waals surface area contributed by atoms with E-state index in [1.807, 2.05) is 0 Å². The molecule has 4 heteroatoms. The van der Waals surface area contributed by atoms with Gasteiger partial charge in [0.25, 0.3) is 0 Å². The van der Waals surface area contributed by atoms with E-state index in [4.69, 9.17) is 4.43 Å². The molecule has 0 bridgehead atoms. The van der Waals surface area contributed by atoms with Gasteiger partial charge >= 0.3 is 216 Å². The van der Waals surface area contributed by atoms with E-state index < -0.39 is 26.7 Å². The monoisotopic (exact) mass is 590 g/mol. The van der Waals surface area contributed by atoms with Crippen molar-refractivity contribution >= 4 is 26.7 Å². The van der Waals surface area contributed by atoms with Crippen molar-refractivity contribution in [1.82, 2.24) is 0 Å². The minimum absolute atomic E-state index is 0.138. The molecule has 0 amide bonds. The molecule has 0 aromatic carbocycles. The van der Waals surface area contributed by atoms with Crippen LogP contribution in [0.2, 0.25) is 29.9 Å². The summed E-state index contributed by atoms with van der Waals surface area (Å²) in [5, 5.41) is 11.1. The quantitative estimate of drug-likeness (QED) is 0.152. The van der Waals surface area contributed by atoms with Gasteiger partial charge in [0, 0.05) is 0 Å². The first-order valence-corrected chi connectivity index (χ1v) is 24.1. The zero-order chi connectivity index (χ0) is 25.7. The van der Waals surface area contributed by atoms with Gasteiger partial charge in [-0.15, -0.1) is 0 Å². The van der Waals surface area contributed by atoms with Gasteiger partial charge < -0.3 is 0 Å². The molecular weight excluding hydrogens is 527 g/mol. The SMILES string of the molecule is CCC[CH2][Sn]([CH2]CCC)([CH2]CCC)/[C](C)=C/[C@@H](CO[Si](C(C)C)(C(C)C)C(C)C)[C@H](O)CC. The van der Waals surface area contributed by atoms with Crippen molar-refractivity contribution in [3.05, 3.63) is 9.67 Å². The van der Waals surface area contributed by atoms with Crippen molar-refractivity contribution in [3.8, 4) is 0 Å². The van der Waals surface area contributed by atoms with Crippen LogP contribution >= 0.6 is 0 Å². The van der Waals surface area contributed by atoms with Crippen molar-refractivity contribution < 1.29 is 9.53 Å². The fourth-order valence-corrected chi connectivity index (χ4v) is 27.8. The number of hydrogen-bond donors (Lipinski definition) is 1. The van der Waals surface area contributed by atoms with Gasteiger partial charge in [-0.2, -0.15) is 0 Å². The topological polar surface area (TPSA) is 29.5 Å². The van der Waals surface area contributed by atoms with Crippen molar-refractivity contribution in [2.45, 2.75) is 157 Å². The van der Waals surface area contributed by atoms with Gasteiger partial charge in [0.1, 0.15) is 0 Å². The first-order valence-electron chi connectivity index (χ1n) is 14.5. The van der Waals surface area contributed by atoms with E-state index in [2.05, 4.69) is 82.2 Å². The second-order valence-electron chi connectivity index (χ2n) is 11.7. The van der Waals surface area contributed by atoms with Gasteiger partial charge in [-0.25, -0.2) is 0 Å². The van der Waals surface area contributed by atoms with Crippen LogP contribution in [-0.4, -0.2) is 44.5 Å². The molecule has 0 fully saturated rings. The summed E-state index contributed by atoms with van der Waals surface area (Å²) >= 11 is -2.44. The molecule has 0 heterocycles. The molecular formula is C29H62O2SiSn. The molecule has 33 heavy (non-hydrogen) atoms. The van der Waals surface area contributed by atoms with Crippen LogP contribution in [0, 0.1) is 5.92 Å². The summed E-state index contributed by atoms with van der Waals surface area (Å²) in [7, 11) is -1.93. The van der Waals surface area contributed by atoms with Crippen molar-refractivity contribution in [3.63, 3.8) is 0 Å². The van der Waals surface area contributed by atoms with E-state index >= 15 is 0 Å². The molecule has 198 valence electrons. The second kappa shape index (κ2) is 17.2. The summed E-state index contributed by atoms with van der Waals surface area (Å²) in [6.07, 6.45) is 11.1. The normalized spacial score (nSPS) is 15.7. The first kappa shape index (κ1) is 33.7. The zero-order valence-electron chi connectivity index (χ0n) is 24.6. The summed E-state index contributed by atoms with van der Waals surface area (Å²) in [6.45, 7) is 26.5. The molecule has 0 saturated carbocycles. The molecule has 0 saturated heterocycles. The fraction of sp³-hybridized carbons (Fsp3) is 0.931. The summed E-state index contributed by atoms with van der Waals surface area (Å²) in [5.74, 6) is 0.138. The first-order chi connectivity index (χ1) is 15.5. The molecule has 0 spiro atoms. The van der Waals surface area contributed by atoms with Crippen LogP contribution in [0.5, 0.6) is 0 Å². The Bertz CT molecular complexity index is 486. The maximum absolute atomic E-state index is 11.1. The van der Waals surface area contributed by atoms with Crippen LogP contribution in [-0.2, 0) is 4.43 Å². The Morgan fingerprint density at radius 1 is 0.788 bits per heavy atom. The Hall–Kier alpha value is 0.676. The maximum atomic E-state index is 11.1. The molecule has 0 aliphatic carbocycles. The number of unbranched alkanes of at least 4 members (excludes halogenated alkanes) is 3. The van der Waals surface area contributed by atoms with E-state index in [-0.39, 0.29) is 12.0 Å². The number of aliphatic hydroxyl groups excluding tert-OH is 1. The summed E-state index contributed by atoms with van der Waals surface area (Å²) in [6, 6.07) is 0. The van der Waals surface area contributed by atoms with Crippen LogP contribution in [0.3, 0.4) is 0 Å². The molecule has 0 unspecified atom stereocenters. The third-order valence-electron chi connectivity index (χ3n) is 8.47. The molecule has 0 aromatic rings. The predicted octanol–water partition coefficient (Wildman–Crippen LogP) is 9.90. The minimum atomic E-state index is -2.44. The van der Waals surface area contributed by atoms with Gasteiger partial charge in [0.2, 0.25) is 0 Å². The molecule has 0 aromatic heterocycles. The molecule has 2 atom stereocenters. The van der Waals surface area contributed by atoms with E-state index in [1.54, 1.807) is 3.59 Å². The number of rotatable bonds is 19. The van der Waals surface area contributed by atoms with E-state index in [1.165, 1.54) is 51.8 Å². The van der Waals surface area contributed by atoms with Crippen LogP contribution < -0.4 is 0 Å². The molecule has 2 nitrogen and oxygen atoms in total. The molecule has 0 aliphatic rings. The van der Waals surface area contributed by atoms with Crippen molar-refractivity contribution in [2.75, 3.05) is 6.61 Å². The van der Waals surface area contributed by atoms with Crippen LogP contribution in [0.15, 0.2) is 9.67 Å². The second-order valence-corrected chi connectivity index (χ2v) is 31.0. The van der Waals surface area contributed by atoms with Gasteiger partial charge in [0.05, 0.1) is 0 Å². The van der Waals surface area contributed by atoms with Crippen molar-refractivity contribution in [1.29, 1.82) is 0 Å². The average molecular weight is 590 g/mol. The molecule has 1 N–H and O–H groups in total. The predicted molar refractivity (Wildman–Crippen MR) is 155 cm³/mol. The number of hydrogen-bond acceptors (Lipinski definition) is 2. The Labute approximate surface area is 214 Å². The van der Waals surface area contributed by atoms with Crippen LogP contribution in [0.4, 0.5) is 0 Å². The number of aliphatic hydroxyl groups is 1. The summed E-state index contributed by atoms with van der Waals surface area (Å²) in [4.78, 5) is 0. The van der Waals surface area contributed by atoms with Crippen LogP contribution in [0.25, 0.3) is 0 Å². The van der Waals surface area contributed by atoms with Gasteiger partial charge in [-0.05, 0) is 0 Å². The Kier molecular flexibility index (Phi) is 17.5. The van der Waals surface area contributed by atoms with E-state index in [0.717, 1.165) is 6.42 Å². The van der Waals surface area contributed by atoms with Gasteiger partial charge in [-0.1, -0.05) is 0 Å². The third-order valence-corrected chi connectivity index (χ3v) is 31.0. The molecule has 0 radical (unpaired) electrons. The number of allylic oxidation sites excluding steroid dienone is 1. The van der Waals surface area contributed by atoms with E-state index in [9.17, 15) is 5.11 Å². The van der Waals surface area contributed by atoms with Gasteiger partial charge in [-0.3, -0.25) is 0 Å². The summed E-state index contributed by atoms with van der Waals surface area (Å²) < 4.78 is 13.2. The third kappa shape index (κ3) is 9.92.